The van der Waals surface area contributed by atoms with Crippen molar-refractivity contribution in [1.82, 2.24) is 20.2 Å². The van der Waals surface area contributed by atoms with Gasteiger partial charge in [0, 0.05) is 25.5 Å². The van der Waals surface area contributed by atoms with Crippen molar-refractivity contribution in [3.63, 3.8) is 0 Å². The summed E-state index contributed by atoms with van der Waals surface area (Å²) < 4.78 is 2.04. The summed E-state index contributed by atoms with van der Waals surface area (Å²) in [5.74, 6) is 1.11. The van der Waals surface area contributed by atoms with E-state index in [1.165, 1.54) is 6.42 Å². The molecule has 1 aliphatic rings. The van der Waals surface area contributed by atoms with E-state index in [2.05, 4.69) is 15.6 Å². The van der Waals surface area contributed by atoms with Gasteiger partial charge in [0.25, 0.3) is 0 Å². The number of imidazole rings is 1. The lowest BCUT2D eigenvalue weighted by Gasteiger charge is -2.22. The molecule has 1 aromatic heterocycles. The number of nitrogens with zero attached hydrogens (tertiary/aromatic N) is 2. The fourth-order valence-corrected chi connectivity index (χ4v) is 2.14. The molecule has 17 heavy (non-hydrogen) atoms. The van der Waals surface area contributed by atoms with Crippen LogP contribution in [0.5, 0.6) is 0 Å². The molecule has 2 rings (SSSR count). The number of piperidine rings is 1. The van der Waals surface area contributed by atoms with Crippen molar-refractivity contribution < 1.29 is 4.79 Å². The Labute approximate surface area is 102 Å². The van der Waals surface area contributed by atoms with E-state index in [9.17, 15) is 4.79 Å². The Morgan fingerprint density at radius 1 is 1.65 bits per heavy atom. The topological polar surface area (TPSA) is 59.0 Å². The second-order valence-electron chi connectivity index (χ2n) is 4.46. The Morgan fingerprint density at radius 2 is 2.53 bits per heavy atom. The molecule has 1 aliphatic heterocycles. The van der Waals surface area contributed by atoms with Crippen LogP contribution in [0.3, 0.4) is 0 Å². The Kier molecular flexibility index (Phi) is 4.14. The van der Waals surface area contributed by atoms with Gasteiger partial charge in [0.15, 0.2) is 0 Å². The van der Waals surface area contributed by atoms with E-state index in [0.29, 0.717) is 6.54 Å². The number of carbonyl (C=O) groups excluding carboxylic acids is 1. The highest BCUT2D eigenvalue weighted by atomic mass is 16.2. The number of aryl methyl sites for hydroxylation is 1. The van der Waals surface area contributed by atoms with Crippen molar-refractivity contribution in [3.8, 4) is 0 Å². The zero-order valence-corrected chi connectivity index (χ0v) is 10.3. The Balaban J connectivity index is 1.71. The van der Waals surface area contributed by atoms with Crippen LogP contribution in [-0.2, 0) is 11.3 Å². The molecule has 0 radical (unpaired) electrons. The van der Waals surface area contributed by atoms with E-state index in [1.807, 2.05) is 17.7 Å². The van der Waals surface area contributed by atoms with Crippen LogP contribution in [0.1, 0.15) is 25.1 Å². The lowest BCUT2D eigenvalue weighted by molar-refractivity contribution is -0.123. The van der Waals surface area contributed by atoms with Crippen LogP contribution in [-0.4, -0.2) is 34.6 Å². The lowest BCUT2D eigenvalue weighted by atomic mass is 10.0. The van der Waals surface area contributed by atoms with Gasteiger partial charge in [-0.1, -0.05) is 6.42 Å². The summed E-state index contributed by atoms with van der Waals surface area (Å²) in [6, 6.07) is 0.00707. The molecule has 1 saturated heterocycles. The van der Waals surface area contributed by atoms with Gasteiger partial charge in [0.1, 0.15) is 5.82 Å². The normalized spacial score (nSPS) is 20.2. The first-order valence-corrected chi connectivity index (χ1v) is 6.26. The van der Waals surface area contributed by atoms with E-state index < -0.39 is 0 Å². The summed E-state index contributed by atoms with van der Waals surface area (Å²) in [7, 11) is 0. The maximum absolute atomic E-state index is 11.8. The quantitative estimate of drug-likeness (QED) is 0.798. The number of rotatable bonds is 4. The van der Waals surface area contributed by atoms with E-state index in [0.717, 1.165) is 31.8 Å². The highest BCUT2D eigenvalue weighted by molar-refractivity contribution is 5.81. The second kappa shape index (κ2) is 5.82. The molecule has 0 spiro atoms. The molecule has 0 saturated carbocycles. The van der Waals surface area contributed by atoms with Crippen molar-refractivity contribution in [2.45, 2.75) is 38.8 Å². The monoisotopic (exact) mass is 236 g/mol. The summed E-state index contributed by atoms with van der Waals surface area (Å²) in [6.07, 6.45) is 6.99. The van der Waals surface area contributed by atoms with Crippen molar-refractivity contribution in [2.24, 2.45) is 0 Å². The molecule has 1 aromatic rings. The van der Waals surface area contributed by atoms with Crippen molar-refractivity contribution in [2.75, 3.05) is 13.1 Å². The van der Waals surface area contributed by atoms with Crippen LogP contribution in [0.2, 0.25) is 0 Å². The average Bonchev–Trinajstić information content (AvgIpc) is 2.76. The minimum atomic E-state index is 0.00707. The van der Waals surface area contributed by atoms with E-state index in [1.54, 1.807) is 6.20 Å². The minimum absolute atomic E-state index is 0.00707. The number of carbonyl (C=O) groups is 1. The summed E-state index contributed by atoms with van der Waals surface area (Å²) in [5.41, 5.74) is 0. The molecule has 0 aromatic carbocycles. The second-order valence-corrected chi connectivity index (χ2v) is 4.46. The average molecular weight is 236 g/mol. The maximum atomic E-state index is 11.8. The molecular formula is C12H20N4O. The molecule has 0 bridgehead atoms. The fourth-order valence-electron chi connectivity index (χ4n) is 2.14. The highest BCUT2D eigenvalue weighted by Gasteiger charge is 2.19. The molecule has 0 unspecified atom stereocenters. The van der Waals surface area contributed by atoms with E-state index in [-0.39, 0.29) is 11.9 Å². The van der Waals surface area contributed by atoms with Gasteiger partial charge in [-0.05, 0) is 26.3 Å². The predicted molar refractivity (Wildman–Crippen MR) is 65.6 cm³/mol. The molecule has 1 fully saturated rings. The van der Waals surface area contributed by atoms with Crippen LogP contribution in [0.15, 0.2) is 12.4 Å². The van der Waals surface area contributed by atoms with Crippen LogP contribution < -0.4 is 10.6 Å². The number of amides is 1. The molecular weight excluding hydrogens is 216 g/mol. The molecule has 2 N–H and O–H groups in total. The standard InChI is InChI=1S/C12H20N4O/c1-10-13-6-8-16(10)9-7-15-12(17)11-4-2-3-5-14-11/h6,8,11,14H,2-5,7,9H2,1H3,(H,15,17)/t11-/m1/s1. The van der Waals surface area contributed by atoms with Gasteiger partial charge in [0.2, 0.25) is 5.91 Å². The van der Waals surface area contributed by atoms with Crippen molar-refractivity contribution in [3.05, 3.63) is 18.2 Å². The molecule has 0 aliphatic carbocycles. The summed E-state index contributed by atoms with van der Waals surface area (Å²) >= 11 is 0. The number of hydrogen-bond donors (Lipinski definition) is 2. The third-order valence-electron chi connectivity index (χ3n) is 3.20. The Hall–Kier alpha value is -1.36. The zero-order chi connectivity index (χ0) is 12.1. The molecule has 1 atom stereocenters. The van der Waals surface area contributed by atoms with E-state index >= 15 is 0 Å². The van der Waals surface area contributed by atoms with Crippen LogP contribution in [0.25, 0.3) is 0 Å². The number of aromatic nitrogens is 2. The van der Waals surface area contributed by atoms with Gasteiger partial charge >= 0.3 is 0 Å². The first-order chi connectivity index (χ1) is 8.27. The van der Waals surface area contributed by atoms with Gasteiger partial charge in [-0.25, -0.2) is 4.98 Å². The van der Waals surface area contributed by atoms with Crippen LogP contribution in [0.4, 0.5) is 0 Å². The predicted octanol–water partition coefficient (Wildman–Crippen LogP) is 0.450. The molecule has 5 nitrogen and oxygen atoms in total. The Morgan fingerprint density at radius 3 is 3.18 bits per heavy atom. The SMILES string of the molecule is Cc1nccn1CCNC(=O)[C@H]1CCCCN1. The number of hydrogen-bond acceptors (Lipinski definition) is 3. The van der Waals surface area contributed by atoms with Crippen LogP contribution >= 0.6 is 0 Å². The molecule has 2 heterocycles. The van der Waals surface area contributed by atoms with Gasteiger partial charge < -0.3 is 15.2 Å². The van der Waals surface area contributed by atoms with Crippen molar-refractivity contribution in [1.29, 1.82) is 0 Å². The number of nitrogens with one attached hydrogen (secondary N) is 2. The third kappa shape index (κ3) is 3.30. The first-order valence-electron chi connectivity index (χ1n) is 6.26. The maximum Gasteiger partial charge on any atom is 0.237 e. The smallest absolute Gasteiger partial charge is 0.237 e. The van der Waals surface area contributed by atoms with Crippen LogP contribution in [0, 0.1) is 6.92 Å². The van der Waals surface area contributed by atoms with Crippen molar-refractivity contribution >= 4 is 5.91 Å². The summed E-state index contributed by atoms with van der Waals surface area (Å²) in [4.78, 5) is 16.0. The summed E-state index contributed by atoms with van der Waals surface area (Å²) in [6.45, 7) is 4.36. The minimum Gasteiger partial charge on any atom is -0.353 e. The Bertz CT molecular complexity index is 368. The largest absolute Gasteiger partial charge is 0.353 e. The summed E-state index contributed by atoms with van der Waals surface area (Å²) in [5, 5.41) is 6.21. The highest BCUT2D eigenvalue weighted by Crippen LogP contribution is 2.06. The van der Waals surface area contributed by atoms with Gasteiger partial charge in [-0.3, -0.25) is 4.79 Å². The molecule has 94 valence electrons. The third-order valence-corrected chi connectivity index (χ3v) is 3.20. The lowest BCUT2D eigenvalue weighted by Crippen LogP contribution is -2.47. The van der Waals surface area contributed by atoms with Gasteiger partial charge in [0.05, 0.1) is 6.04 Å². The molecule has 1 amide bonds. The van der Waals surface area contributed by atoms with E-state index in [4.69, 9.17) is 0 Å². The zero-order valence-electron chi connectivity index (χ0n) is 10.3. The van der Waals surface area contributed by atoms with Gasteiger partial charge in [-0.15, -0.1) is 0 Å². The first kappa shape index (κ1) is 12.1. The molecule has 5 heteroatoms. The van der Waals surface area contributed by atoms with Gasteiger partial charge in [-0.2, -0.15) is 0 Å². The fraction of sp³-hybridized carbons (Fsp3) is 0.667.